The first-order valence-corrected chi connectivity index (χ1v) is 9.67. The Morgan fingerprint density at radius 3 is 2.69 bits per heavy atom. The highest BCUT2D eigenvalue weighted by molar-refractivity contribution is 6.30. The predicted octanol–water partition coefficient (Wildman–Crippen LogP) is 2.74. The van der Waals surface area contributed by atoms with Gasteiger partial charge in [0.15, 0.2) is 5.65 Å². The Morgan fingerprint density at radius 2 is 2.00 bits per heavy atom. The lowest BCUT2D eigenvalue weighted by molar-refractivity contribution is -0.117. The number of nitrogens with one attached hydrogen (secondary N) is 1. The van der Waals surface area contributed by atoms with Crippen molar-refractivity contribution >= 4 is 29.1 Å². The molecule has 10 heteroatoms. The smallest absolute Gasteiger partial charge is 0.270 e. The summed E-state index contributed by atoms with van der Waals surface area (Å²) in [5.74, 6) is 0.445. The predicted molar refractivity (Wildman–Crippen MR) is 110 cm³/mol. The summed E-state index contributed by atoms with van der Waals surface area (Å²) >= 11 is 5.92. The van der Waals surface area contributed by atoms with Crippen LogP contribution in [-0.4, -0.2) is 36.9 Å². The van der Waals surface area contributed by atoms with Gasteiger partial charge >= 0.3 is 0 Å². The van der Waals surface area contributed by atoms with Gasteiger partial charge in [-0.2, -0.15) is 10.1 Å². The minimum atomic E-state index is -0.466. The lowest BCUT2D eigenvalue weighted by Crippen LogP contribution is -2.31. The molecule has 0 spiro atoms. The molecule has 1 amide bonds. The third kappa shape index (κ3) is 5.11. The molecule has 3 rings (SSSR count). The summed E-state index contributed by atoms with van der Waals surface area (Å²) in [5.41, 5.74) is 0.741. The van der Waals surface area contributed by atoms with E-state index in [1.54, 1.807) is 18.3 Å². The first kappa shape index (κ1) is 20.8. The zero-order valence-corrected chi connectivity index (χ0v) is 17.5. The van der Waals surface area contributed by atoms with Crippen LogP contribution in [0, 0.1) is 5.92 Å². The van der Waals surface area contributed by atoms with Crippen LogP contribution in [0.15, 0.2) is 29.2 Å². The van der Waals surface area contributed by atoms with Gasteiger partial charge in [0.2, 0.25) is 11.9 Å². The Hall–Kier alpha value is -2.94. The zero-order valence-electron chi connectivity index (χ0n) is 16.7. The average Bonchev–Trinajstić information content (AvgIpc) is 3.02. The Balaban J connectivity index is 1.78. The Bertz CT molecular complexity index is 1090. The molecule has 0 aromatic carbocycles. The third-order valence-electron chi connectivity index (χ3n) is 3.95. The number of aromatic nitrogens is 5. The molecule has 0 saturated carbocycles. The monoisotopic (exact) mass is 418 g/mol. The standard InChI is InChI=1S/C19H23ClN6O3/c1-11(2)10-29-14-7-17(28)26(23-18(14)12(3)4)9-16(27)22-19-21-15-6-5-13(20)8-25(15)24-19/h5-8,11-12H,9-10H2,1-4H3,(H,22,24,27). The molecule has 0 bridgehead atoms. The topological polar surface area (TPSA) is 103 Å². The minimum Gasteiger partial charge on any atom is -0.491 e. The van der Waals surface area contributed by atoms with E-state index in [9.17, 15) is 9.59 Å². The van der Waals surface area contributed by atoms with Gasteiger partial charge in [-0.3, -0.25) is 14.9 Å². The number of ether oxygens (including phenoxy) is 1. The average molecular weight is 419 g/mol. The lowest BCUT2D eigenvalue weighted by Gasteiger charge is -2.16. The summed E-state index contributed by atoms with van der Waals surface area (Å²) in [6.45, 7) is 8.16. The van der Waals surface area contributed by atoms with E-state index in [1.807, 2.05) is 27.7 Å². The van der Waals surface area contributed by atoms with Crippen LogP contribution in [-0.2, 0) is 11.3 Å². The van der Waals surface area contributed by atoms with Crippen LogP contribution in [0.3, 0.4) is 0 Å². The number of halogens is 1. The maximum Gasteiger partial charge on any atom is 0.270 e. The van der Waals surface area contributed by atoms with Crippen molar-refractivity contribution in [2.24, 2.45) is 5.92 Å². The van der Waals surface area contributed by atoms with Gasteiger partial charge in [0.05, 0.1) is 11.6 Å². The van der Waals surface area contributed by atoms with Crippen molar-refractivity contribution in [2.75, 3.05) is 11.9 Å². The normalized spacial score (nSPS) is 11.4. The molecule has 154 valence electrons. The fraction of sp³-hybridized carbons (Fsp3) is 0.421. The molecule has 0 aliphatic carbocycles. The fourth-order valence-electron chi connectivity index (χ4n) is 2.59. The number of fused-ring (bicyclic) bond motifs is 1. The highest BCUT2D eigenvalue weighted by Crippen LogP contribution is 2.22. The minimum absolute atomic E-state index is 0.0249. The number of rotatable bonds is 7. The van der Waals surface area contributed by atoms with E-state index in [2.05, 4.69) is 20.5 Å². The van der Waals surface area contributed by atoms with E-state index >= 15 is 0 Å². The van der Waals surface area contributed by atoms with Crippen LogP contribution < -0.4 is 15.6 Å². The molecule has 0 aliphatic heterocycles. The Kier molecular flexibility index (Phi) is 6.17. The van der Waals surface area contributed by atoms with E-state index < -0.39 is 11.5 Å². The summed E-state index contributed by atoms with van der Waals surface area (Å²) in [4.78, 5) is 29.0. The van der Waals surface area contributed by atoms with Gasteiger partial charge < -0.3 is 4.74 Å². The molecule has 0 unspecified atom stereocenters. The molecule has 0 aliphatic rings. The summed E-state index contributed by atoms with van der Waals surface area (Å²) in [5, 5.41) is 11.6. The Morgan fingerprint density at radius 1 is 1.24 bits per heavy atom. The number of pyridine rings is 1. The number of amides is 1. The molecule has 0 atom stereocenters. The maximum absolute atomic E-state index is 12.4. The number of nitrogens with zero attached hydrogens (tertiary/aromatic N) is 5. The van der Waals surface area contributed by atoms with Gasteiger partial charge in [0.25, 0.3) is 5.56 Å². The largest absolute Gasteiger partial charge is 0.491 e. The number of hydrogen-bond donors (Lipinski definition) is 1. The maximum atomic E-state index is 12.4. The zero-order chi connectivity index (χ0) is 21.1. The summed E-state index contributed by atoms with van der Waals surface area (Å²) in [6, 6.07) is 4.74. The Labute approximate surface area is 172 Å². The van der Waals surface area contributed by atoms with Crippen LogP contribution in [0.25, 0.3) is 5.65 Å². The summed E-state index contributed by atoms with van der Waals surface area (Å²) in [7, 11) is 0. The van der Waals surface area contributed by atoms with Gasteiger partial charge in [-0.1, -0.05) is 39.3 Å². The van der Waals surface area contributed by atoms with E-state index in [0.717, 1.165) is 4.68 Å². The van der Waals surface area contributed by atoms with Gasteiger partial charge in [0.1, 0.15) is 18.0 Å². The van der Waals surface area contributed by atoms with Crippen molar-refractivity contribution in [3.63, 3.8) is 0 Å². The fourth-order valence-corrected chi connectivity index (χ4v) is 2.74. The molecule has 3 aromatic heterocycles. The molecule has 9 nitrogen and oxygen atoms in total. The van der Waals surface area contributed by atoms with Crippen LogP contribution in [0.1, 0.15) is 39.3 Å². The van der Waals surface area contributed by atoms with E-state index in [1.165, 1.54) is 10.6 Å². The number of hydrogen-bond acceptors (Lipinski definition) is 6. The molecule has 0 fully saturated rings. The van der Waals surface area contributed by atoms with Crippen molar-refractivity contribution in [3.8, 4) is 5.75 Å². The third-order valence-corrected chi connectivity index (χ3v) is 4.17. The van der Waals surface area contributed by atoms with Crippen LogP contribution in [0.4, 0.5) is 5.95 Å². The van der Waals surface area contributed by atoms with Gasteiger partial charge in [-0.15, -0.1) is 5.10 Å². The SMILES string of the molecule is CC(C)COc1cc(=O)n(CC(=O)Nc2nc3ccc(Cl)cn3n2)nc1C(C)C. The molecular formula is C19H23ClN6O3. The van der Waals surface area contributed by atoms with Crippen molar-refractivity contribution in [1.82, 2.24) is 24.4 Å². The number of carbonyl (C=O) groups is 1. The highest BCUT2D eigenvalue weighted by atomic mass is 35.5. The van der Waals surface area contributed by atoms with Gasteiger partial charge in [-0.05, 0) is 18.1 Å². The lowest BCUT2D eigenvalue weighted by atomic mass is 10.1. The van der Waals surface area contributed by atoms with Gasteiger partial charge in [0, 0.05) is 18.2 Å². The van der Waals surface area contributed by atoms with Crippen LogP contribution in [0.2, 0.25) is 5.02 Å². The number of carbonyl (C=O) groups excluding carboxylic acids is 1. The molecule has 1 N–H and O–H groups in total. The second-order valence-corrected chi connectivity index (χ2v) is 7.82. The van der Waals surface area contributed by atoms with Crippen molar-refractivity contribution in [1.29, 1.82) is 0 Å². The van der Waals surface area contributed by atoms with Crippen molar-refractivity contribution in [3.05, 3.63) is 45.5 Å². The van der Waals surface area contributed by atoms with E-state index in [0.29, 0.717) is 34.6 Å². The van der Waals surface area contributed by atoms with Gasteiger partial charge in [-0.25, -0.2) is 9.20 Å². The molecular weight excluding hydrogens is 396 g/mol. The molecule has 0 saturated heterocycles. The quantitative estimate of drug-likeness (QED) is 0.632. The molecule has 29 heavy (non-hydrogen) atoms. The number of anilines is 1. The van der Waals surface area contributed by atoms with Crippen LogP contribution >= 0.6 is 11.6 Å². The van der Waals surface area contributed by atoms with E-state index in [-0.39, 0.29) is 18.4 Å². The van der Waals surface area contributed by atoms with E-state index in [4.69, 9.17) is 16.3 Å². The molecule has 3 heterocycles. The highest BCUT2D eigenvalue weighted by Gasteiger charge is 2.16. The second kappa shape index (κ2) is 8.60. The molecule has 3 aromatic rings. The van der Waals surface area contributed by atoms with Crippen molar-refractivity contribution in [2.45, 2.75) is 40.2 Å². The first-order chi connectivity index (χ1) is 13.7. The second-order valence-electron chi connectivity index (χ2n) is 7.38. The summed E-state index contributed by atoms with van der Waals surface area (Å²) in [6.07, 6.45) is 1.58. The summed E-state index contributed by atoms with van der Waals surface area (Å²) < 4.78 is 8.30. The first-order valence-electron chi connectivity index (χ1n) is 9.29. The van der Waals surface area contributed by atoms with Crippen molar-refractivity contribution < 1.29 is 9.53 Å². The van der Waals surface area contributed by atoms with Crippen LogP contribution in [0.5, 0.6) is 5.75 Å². The molecule has 0 radical (unpaired) electrons.